The highest BCUT2D eigenvalue weighted by molar-refractivity contribution is 7.90. The molecule has 2 saturated heterocycles. The molecule has 0 spiro atoms. The van der Waals surface area contributed by atoms with E-state index in [0.29, 0.717) is 10.8 Å². The molecule has 0 saturated carbocycles. The van der Waals surface area contributed by atoms with Crippen molar-refractivity contribution in [1.82, 2.24) is 9.80 Å². The first-order valence-electron chi connectivity index (χ1n) is 9.98. The quantitative estimate of drug-likeness (QED) is 0.752. The minimum Gasteiger partial charge on any atom is -0.495 e. The van der Waals surface area contributed by atoms with E-state index >= 15 is 0 Å². The van der Waals surface area contributed by atoms with Gasteiger partial charge < -0.3 is 14.9 Å². The Balaban J connectivity index is 1.41. The Kier molecular flexibility index (Phi) is 6.48. The van der Waals surface area contributed by atoms with E-state index in [9.17, 15) is 13.5 Å². The molecule has 0 amide bonds. The molecule has 150 valence electrons. The third-order valence-corrected chi connectivity index (χ3v) is 7.33. The van der Waals surface area contributed by atoms with E-state index in [1.165, 1.54) is 18.2 Å². The second-order valence-electron chi connectivity index (χ2n) is 8.09. The second kappa shape index (κ2) is 8.65. The van der Waals surface area contributed by atoms with Crippen LogP contribution in [0.15, 0.2) is 41.6 Å². The summed E-state index contributed by atoms with van der Waals surface area (Å²) in [6.45, 7) is 8.85. The first-order valence-corrected chi connectivity index (χ1v) is 11.9. The summed E-state index contributed by atoms with van der Waals surface area (Å²) in [6.07, 6.45) is 7.05. The second-order valence-corrected chi connectivity index (χ2v) is 10.1. The Hall–Kier alpha value is -1.53. The minimum absolute atomic E-state index is 0.208. The summed E-state index contributed by atoms with van der Waals surface area (Å²) in [4.78, 5) is 4.94. The lowest BCUT2D eigenvalue weighted by atomic mass is 9.88. The number of rotatable bonds is 6. The Morgan fingerprint density at radius 2 is 1.67 bits per heavy atom. The Bertz CT molecular complexity index is 729. The van der Waals surface area contributed by atoms with Crippen LogP contribution in [0.25, 0.3) is 0 Å². The normalized spacial score (nSPS) is 20.7. The molecule has 3 rings (SSSR count). The molecule has 0 aliphatic carbocycles. The molecule has 0 bridgehead atoms. The summed E-state index contributed by atoms with van der Waals surface area (Å²) >= 11 is 0. The lowest BCUT2D eigenvalue weighted by Crippen LogP contribution is -2.37. The van der Waals surface area contributed by atoms with Crippen molar-refractivity contribution in [3.05, 3.63) is 42.3 Å². The van der Waals surface area contributed by atoms with Gasteiger partial charge in [0.2, 0.25) is 0 Å². The average molecular weight is 393 g/mol. The molecule has 1 aromatic carbocycles. The van der Waals surface area contributed by atoms with Crippen molar-refractivity contribution in [3.63, 3.8) is 0 Å². The fourth-order valence-electron chi connectivity index (χ4n) is 4.32. The Morgan fingerprint density at radius 3 is 2.19 bits per heavy atom. The van der Waals surface area contributed by atoms with Gasteiger partial charge in [0, 0.05) is 19.3 Å². The third kappa shape index (κ3) is 5.48. The highest BCUT2D eigenvalue weighted by atomic mass is 32.2. The number of nitrogens with zero attached hydrogens (tertiary/aromatic N) is 2. The molecule has 2 aliphatic rings. The van der Waals surface area contributed by atoms with Crippen molar-refractivity contribution in [2.45, 2.75) is 42.9 Å². The zero-order valence-corrected chi connectivity index (χ0v) is 17.1. The summed E-state index contributed by atoms with van der Waals surface area (Å²) in [5, 5.41) is 9.46. The van der Waals surface area contributed by atoms with E-state index in [1.807, 2.05) is 17.0 Å². The van der Waals surface area contributed by atoms with Crippen molar-refractivity contribution >= 4 is 9.84 Å². The number of aliphatic hydroxyl groups excluding tert-OH is 1. The molecule has 0 aromatic heterocycles. The zero-order chi connectivity index (χ0) is 19.4. The van der Waals surface area contributed by atoms with Crippen LogP contribution in [-0.2, 0) is 9.84 Å². The van der Waals surface area contributed by atoms with E-state index in [0.717, 1.165) is 64.3 Å². The van der Waals surface area contributed by atoms with Crippen LogP contribution >= 0.6 is 0 Å². The molecular formula is C21H32N2O3S. The van der Waals surface area contributed by atoms with Crippen molar-refractivity contribution in [1.29, 1.82) is 0 Å². The van der Waals surface area contributed by atoms with Gasteiger partial charge >= 0.3 is 0 Å². The van der Waals surface area contributed by atoms with E-state index in [4.69, 9.17) is 0 Å². The van der Waals surface area contributed by atoms with Gasteiger partial charge in [0.05, 0.1) is 4.90 Å². The van der Waals surface area contributed by atoms with Gasteiger partial charge in [0.15, 0.2) is 15.7 Å². The van der Waals surface area contributed by atoms with Gasteiger partial charge in [-0.1, -0.05) is 12.1 Å². The molecule has 5 nitrogen and oxygen atoms in total. The van der Waals surface area contributed by atoms with E-state index in [-0.39, 0.29) is 5.88 Å². The molecule has 0 radical (unpaired) electrons. The predicted octanol–water partition coefficient (Wildman–Crippen LogP) is 3.40. The molecule has 1 aromatic rings. The van der Waals surface area contributed by atoms with Crippen LogP contribution in [0, 0.1) is 5.92 Å². The Labute approximate surface area is 163 Å². The number of piperidine rings is 2. The monoisotopic (exact) mass is 392 g/mol. The minimum atomic E-state index is -3.12. The highest BCUT2D eigenvalue weighted by Crippen LogP contribution is 2.29. The average Bonchev–Trinajstić information content (AvgIpc) is 2.66. The topological polar surface area (TPSA) is 60.9 Å². The van der Waals surface area contributed by atoms with Crippen molar-refractivity contribution in [2.75, 3.05) is 39.0 Å². The van der Waals surface area contributed by atoms with Crippen molar-refractivity contribution in [3.8, 4) is 0 Å². The summed E-state index contributed by atoms with van der Waals surface area (Å²) in [5.74, 6) is 1.50. The van der Waals surface area contributed by atoms with E-state index < -0.39 is 9.84 Å². The van der Waals surface area contributed by atoms with Gasteiger partial charge in [0.1, 0.15) is 0 Å². The zero-order valence-electron chi connectivity index (χ0n) is 16.3. The van der Waals surface area contributed by atoms with Gasteiger partial charge in [-0.15, -0.1) is 0 Å². The van der Waals surface area contributed by atoms with Crippen LogP contribution in [-0.4, -0.2) is 62.3 Å². The summed E-state index contributed by atoms with van der Waals surface area (Å²) in [5.41, 5.74) is 1.26. The van der Waals surface area contributed by atoms with Gasteiger partial charge in [-0.25, -0.2) is 8.42 Å². The summed E-state index contributed by atoms with van der Waals surface area (Å²) in [6, 6.07) is 7.45. The lowest BCUT2D eigenvalue weighted by Gasteiger charge is -2.35. The summed E-state index contributed by atoms with van der Waals surface area (Å²) in [7, 11) is -3.12. The molecule has 27 heavy (non-hydrogen) atoms. The fourth-order valence-corrected chi connectivity index (χ4v) is 4.95. The number of benzene rings is 1. The van der Waals surface area contributed by atoms with Crippen LogP contribution in [0.2, 0.25) is 0 Å². The van der Waals surface area contributed by atoms with E-state index in [2.05, 4.69) is 11.5 Å². The smallest absolute Gasteiger partial charge is 0.179 e. The largest absolute Gasteiger partial charge is 0.495 e. The molecule has 0 unspecified atom stereocenters. The summed E-state index contributed by atoms with van der Waals surface area (Å²) < 4.78 is 23.2. The molecule has 1 N–H and O–H groups in total. The Morgan fingerprint density at radius 1 is 1.07 bits per heavy atom. The number of sulfone groups is 1. The fraction of sp³-hybridized carbons (Fsp3) is 0.619. The van der Waals surface area contributed by atoms with Gasteiger partial charge in [-0.2, -0.15) is 0 Å². The van der Waals surface area contributed by atoms with Gasteiger partial charge in [-0.3, -0.25) is 0 Å². The maximum Gasteiger partial charge on any atom is 0.179 e. The van der Waals surface area contributed by atoms with Crippen LogP contribution in [0.1, 0.15) is 43.6 Å². The van der Waals surface area contributed by atoms with E-state index in [1.54, 1.807) is 12.1 Å². The number of hydrogen-bond donors (Lipinski definition) is 1. The predicted molar refractivity (Wildman–Crippen MR) is 109 cm³/mol. The number of hydrogen-bond acceptors (Lipinski definition) is 5. The highest BCUT2D eigenvalue weighted by Gasteiger charge is 2.23. The maximum atomic E-state index is 11.6. The van der Waals surface area contributed by atoms with Crippen LogP contribution < -0.4 is 0 Å². The van der Waals surface area contributed by atoms with Crippen molar-refractivity contribution in [2.24, 2.45) is 5.92 Å². The number of aliphatic hydroxyl groups is 1. The molecule has 2 aliphatic heterocycles. The van der Waals surface area contributed by atoms with Gasteiger partial charge in [-0.05, 0) is 87.8 Å². The van der Waals surface area contributed by atoms with Crippen molar-refractivity contribution < 1.29 is 13.5 Å². The molecule has 2 heterocycles. The lowest BCUT2D eigenvalue weighted by molar-refractivity contribution is 0.133. The van der Waals surface area contributed by atoms with Crippen LogP contribution in [0.3, 0.4) is 0 Å². The first kappa shape index (κ1) is 20.2. The standard InChI is InChI=1S/C21H32N2O3S/c1-17(24)23-15-8-18(9-16-23)7-12-22-13-10-20(11-14-22)19-3-5-21(6-4-19)27(2,25)26/h3-6,18,20,24H,1,7-16H2,2H3. The molecule has 2 fully saturated rings. The molecule has 6 heteroatoms. The number of likely N-dealkylation sites (tertiary alicyclic amines) is 2. The SMILES string of the molecule is C=C(O)N1CCC(CCN2CCC(c3ccc(S(C)(=O)=O)cc3)CC2)CC1. The van der Waals surface area contributed by atoms with Gasteiger partial charge in [0.25, 0.3) is 0 Å². The molecule has 0 atom stereocenters. The maximum absolute atomic E-state index is 11.6. The van der Waals surface area contributed by atoms with Crippen LogP contribution in [0.4, 0.5) is 0 Å². The van der Waals surface area contributed by atoms with Crippen LogP contribution in [0.5, 0.6) is 0 Å². The molecular weight excluding hydrogens is 360 g/mol. The first-order chi connectivity index (χ1) is 12.8. The third-order valence-electron chi connectivity index (χ3n) is 6.20.